The lowest BCUT2D eigenvalue weighted by Crippen LogP contribution is -2.48. The number of anilines is 2. The van der Waals surface area contributed by atoms with Crippen molar-refractivity contribution >= 4 is 17.3 Å². The van der Waals surface area contributed by atoms with Crippen LogP contribution in [0.4, 0.5) is 11.4 Å². The molecule has 0 aromatic heterocycles. The number of carboxylic acid groups (broad SMARTS) is 1. The fraction of sp³-hybridized carbons (Fsp3) is 0.118. The molecule has 0 spiro atoms. The number of hydrogen-bond donors (Lipinski definition) is 1. The van der Waals surface area contributed by atoms with E-state index in [4.69, 9.17) is 0 Å². The van der Waals surface area contributed by atoms with Crippen LogP contribution in [0.3, 0.4) is 0 Å². The monoisotopic (exact) mass is 280 g/mol. The minimum absolute atomic E-state index is 0.501. The SMILES string of the molecule is O=C(O)C1C=CN(c2ccccc2)CN1c1ccccc1. The number of hydrogen-bond acceptors (Lipinski definition) is 3. The van der Waals surface area contributed by atoms with Crippen molar-refractivity contribution < 1.29 is 9.90 Å². The van der Waals surface area contributed by atoms with Gasteiger partial charge in [-0.15, -0.1) is 0 Å². The van der Waals surface area contributed by atoms with E-state index in [0.717, 1.165) is 11.4 Å². The standard InChI is InChI=1S/C17H16N2O2/c20-17(21)16-11-12-18(14-7-3-1-4-8-14)13-19(16)15-9-5-2-6-10-15/h1-12,16H,13H2,(H,20,21). The van der Waals surface area contributed by atoms with Crippen LogP contribution in [0, 0.1) is 0 Å². The Labute approximate surface area is 123 Å². The van der Waals surface area contributed by atoms with Gasteiger partial charge in [0.05, 0.1) is 6.67 Å². The number of nitrogens with zero attached hydrogens (tertiary/aromatic N) is 2. The van der Waals surface area contributed by atoms with E-state index < -0.39 is 12.0 Å². The Morgan fingerprint density at radius 2 is 1.52 bits per heavy atom. The van der Waals surface area contributed by atoms with E-state index in [0.29, 0.717) is 6.67 Å². The van der Waals surface area contributed by atoms with Crippen molar-refractivity contribution in [3.63, 3.8) is 0 Å². The largest absolute Gasteiger partial charge is 0.479 e. The van der Waals surface area contributed by atoms with Gasteiger partial charge in [0.15, 0.2) is 0 Å². The Bertz CT molecular complexity index is 640. The molecule has 0 aliphatic carbocycles. The topological polar surface area (TPSA) is 43.8 Å². The number of benzene rings is 2. The number of carbonyl (C=O) groups is 1. The van der Waals surface area contributed by atoms with Crippen LogP contribution in [0.25, 0.3) is 0 Å². The zero-order valence-corrected chi connectivity index (χ0v) is 11.5. The first kappa shape index (κ1) is 13.2. The number of carboxylic acids is 1. The Hall–Kier alpha value is -2.75. The van der Waals surface area contributed by atoms with Crippen LogP contribution in [0.1, 0.15) is 0 Å². The van der Waals surface area contributed by atoms with E-state index in [1.54, 1.807) is 6.08 Å². The lowest BCUT2D eigenvalue weighted by molar-refractivity contribution is -0.137. The Kier molecular flexibility index (Phi) is 3.60. The first-order valence-corrected chi connectivity index (χ1v) is 6.80. The summed E-state index contributed by atoms with van der Waals surface area (Å²) in [5.74, 6) is -0.845. The van der Waals surface area contributed by atoms with Gasteiger partial charge in [-0.1, -0.05) is 36.4 Å². The van der Waals surface area contributed by atoms with Crippen LogP contribution in [-0.4, -0.2) is 23.8 Å². The second kappa shape index (κ2) is 5.71. The second-order valence-corrected chi connectivity index (χ2v) is 4.88. The number of para-hydroxylation sites is 2. The summed E-state index contributed by atoms with van der Waals surface area (Å²) in [6.07, 6.45) is 3.55. The summed E-state index contributed by atoms with van der Waals surface area (Å²) < 4.78 is 0. The maximum atomic E-state index is 11.5. The van der Waals surface area contributed by atoms with Crippen LogP contribution in [0.2, 0.25) is 0 Å². The van der Waals surface area contributed by atoms with E-state index >= 15 is 0 Å². The molecule has 3 rings (SSSR count). The number of aliphatic carboxylic acids is 1. The van der Waals surface area contributed by atoms with Gasteiger partial charge in [-0.25, -0.2) is 4.79 Å². The molecule has 1 N–H and O–H groups in total. The molecule has 106 valence electrons. The molecular weight excluding hydrogens is 264 g/mol. The van der Waals surface area contributed by atoms with E-state index in [2.05, 4.69) is 0 Å². The summed E-state index contributed by atoms with van der Waals surface area (Å²) in [5, 5.41) is 9.42. The zero-order chi connectivity index (χ0) is 14.7. The lowest BCUT2D eigenvalue weighted by Gasteiger charge is -2.38. The fourth-order valence-electron chi connectivity index (χ4n) is 2.45. The minimum atomic E-state index is -0.845. The van der Waals surface area contributed by atoms with E-state index in [9.17, 15) is 9.90 Å². The first-order chi connectivity index (χ1) is 10.3. The first-order valence-electron chi connectivity index (χ1n) is 6.80. The summed E-state index contributed by atoms with van der Waals surface area (Å²) in [4.78, 5) is 15.4. The molecule has 4 heteroatoms. The highest BCUT2D eigenvalue weighted by Gasteiger charge is 2.28. The highest BCUT2D eigenvalue weighted by molar-refractivity contribution is 5.82. The fourth-order valence-corrected chi connectivity index (χ4v) is 2.45. The normalized spacial score (nSPS) is 17.8. The third-order valence-electron chi connectivity index (χ3n) is 3.52. The predicted molar refractivity (Wildman–Crippen MR) is 83.3 cm³/mol. The maximum absolute atomic E-state index is 11.5. The molecule has 21 heavy (non-hydrogen) atoms. The van der Waals surface area contributed by atoms with Crippen molar-refractivity contribution in [1.82, 2.24) is 0 Å². The Morgan fingerprint density at radius 1 is 0.952 bits per heavy atom. The lowest BCUT2D eigenvalue weighted by atomic mass is 10.1. The average Bonchev–Trinajstić information content (AvgIpc) is 2.56. The molecule has 1 unspecified atom stereocenters. The van der Waals surface area contributed by atoms with Crippen LogP contribution in [-0.2, 0) is 4.79 Å². The van der Waals surface area contributed by atoms with Crippen molar-refractivity contribution in [2.75, 3.05) is 16.5 Å². The van der Waals surface area contributed by atoms with Crippen LogP contribution < -0.4 is 9.80 Å². The van der Waals surface area contributed by atoms with Gasteiger partial charge in [-0.2, -0.15) is 0 Å². The highest BCUT2D eigenvalue weighted by atomic mass is 16.4. The van der Waals surface area contributed by atoms with Gasteiger partial charge in [-0.05, 0) is 30.3 Å². The minimum Gasteiger partial charge on any atom is -0.479 e. The van der Waals surface area contributed by atoms with Gasteiger partial charge in [0, 0.05) is 17.6 Å². The van der Waals surface area contributed by atoms with E-state index in [1.165, 1.54) is 0 Å². The highest BCUT2D eigenvalue weighted by Crippen LogP contribution is 2.24. The van der Waals surface area contributed by atoms with Crippen molar-refractivity contribution in [1.29, 1.82) is 0 Å². The summed E-state index contributed by atoms with van der Waals surface area (Å²) >= 11 is 0. The Balaban J connectivity index is 1.94. The van der Waals surface area contributed by atoms with E-state index in [-0.39, 0.29) is 0 Å². The van der Waals surface area contributed by atoms with Crippen molar-refractivity contribution in [2.24, 2.45) is 0 Å². The van der Waals surface area contributed by atoms with Crippen molar-refractivity contribution in [3.05, 3.63) is 72.9 Å². The van der Waals surface area contributed by atoms with E-state index in [1.807, 2.05) is 76.7 Å². The van der Waals surface area contributed by atoms with Crippen LogP contribution >= 0.6 is 0 Å². The summed E-state index contributed by atoms with van der Waals surface area (Å²) in [6.45, 7) is 0.501. The molecule has 1 aliphatic rings. The van der Waals surface area contributed by atoms with Gasteiger partial charge in [-0.3, -0.25) is 0 Å². The third-order valence-corrected chi connectivity index (χ3v) is 3.52. The molecule has 0 fully saturated rings. The van der Waals surface area contributed by atoms with Crippen LogP contribution in [0.15, 0.2) is 72.9 Å². The molecule has 0 amide bonds. The van der Waals surface area contributed by atoms with Gasteiger partial charge in [0.2, 0.25) is 0 Å². The van der Waals surface area contributed by atoms with Gasteiger partial charge >= 0.3 is 5.97 Å². The van der Waals surface area contributed by atoms with Gasteiger partial charge < -0.3 is 14.9 Å². The molecule has 0 radical (unpaired) electrons. The molecule has 1 atom stereocenters. The third kappa shape index (κ3) is 2.74. The van der Waals surface area contributed by atoms with Crippen LogP contribution in [0.5, 0.6) is 0 Å². The van der Waals surface area contributed by atoms with Crippen molar-refractivity contribution in [2.45, 2.75) is 6.04 Å². The molecule has 4 nitrogen and oxygen atoms in total. The molecule has 1 aliphatic heterocycles. The smallest absolute Gasteiger partial charge is 0.330 e. The predicted octanol–water partition coefficient (Wildman–Crippen LogP) is 2.94. The summed E-state index contributed by atoms with van der Waals surface area (Å²) in [6, 6.07) is 18.9. The molecule has 0 saturated heterocycles. The molecule has 0 saturated carbocycles. The quantitative estimate of drug-likeness (QED) is 0.939. The van der Waals surface area contributed by atoms with Gasteiger partial charge in [0.25, 0.3) is 0 Å². The average molecular weight is 280 g/mol. The van der Waals surface area contributed by atoms with Crippen molar-refractivity contribution in [3.8, 4) is 0 Å². The van der Waals surface area contributed by atoms with Gasteiger partial charge in [0.1, 0.15) is 6.04 Å². The molecule has 2 aromatic rings. The zero-order valence-electron chi connectivity index (χ0n) is 11.5. The Morgan fingerprint density at radius 3 is 2.10 bits per heavy atom. The molecule has 0 bridgehead atoms. The number of rotatable bonds is 3. The molecule has 1 heterocycles. The molecular formula is C17H16N2O2. The summed E-state index contributed by atoms with van der Waals surface area (Å²) in [5.41, 5.74) is 1.94. The summed E-state index contributed by atoms with van der Waals surface area (Å²) in [7, 11) is 0. The maximum Gasteiger partial charge on any atom is 0.330 e. The molecule has 2 aromatic carbocycles. The second-order valence-electron chi connectivity index (χ2n) is 4.88.